The number of nitrogens with zero attached hydrogens (tertiary/aromatic N) is 1. The molecule has 1 aromatic heterocycles. The SMILES string of the molecule is Cc1nc2c(C#CC3CC3)cc(CO[Si](C)(C)C(C)(C)C)c(F)c2[nH]c1=O. The summed E-state index contributed by atoms with van der Waals surface area (Å²) in [5, 5.41) is 0.0297. The summed E-state index contributed by atoms with van der Waals surface area (Å²) < 4.78 is 21.3. The van der Waals surface area contributed by atoms with E-state index in [2.05, 4.69) is 55.7 Å². The Hall–Kier alpha value is -1.97. The van der Waals surface area contributed by atoms with Crippen molar-refractivity contribution in [1.29, 1.82) is 0 Å². The van der Waals surface area contributed by atoms with Crippen molar-refractivity contribution in [3.05, 3.63) is 39.1 Å². The van der Waals surface area contributed by atoms with Crippen LogP contribution in [0.25, 0.3) is 11.0 Å². The molecule has 1 saturated carbocycles. The first-order chi connectivity index (χ1) is 12.5. The van der Waals surface area contributed by atoms with Crippen molar-refractivity contribution in [2.45, 2.75) is 65.3 Å². The van der Waals surface area contributed by atoms with Gasteiger partial charge in [0.05, 0.1) is 12.2 Å². The van der Waals surface area contributed by atoms with Crippen LogP contribution in [0, 0.1) is 30.5 Å². The number of aromatic amines is 1. The fourth-order valence-corrected chi connectivity index (χ4v) is 3.39. The van der Waals surface area contributed by atoms with Gasteiger partial charge in [0, 0.05) is 11.5 Å². The first-order valence-corrected chi connectivity index (χ1v) is 12.3. The Labute approximate surface area is 160 Å². The molecule has 1 fully saturated rings. The van der Waals surface area contributed by atoms with E-state index in [4.69, 9.17) is 4.43 Å². The van der Waals surface area contributed by atoms with Crippen LogP contribution < -0.4 is 5.56 Å². The molecule has 1 aromatic carbocycles. The highest BCUT2D eigenvalue weighted by molar-refractivity contribution is 6.74. The maximum Gasteiger partial charge on any atom is 0.269 e. The van der Waals surface area contributed by atoms with Gasteiger partial charge in [-0.15, -0.1) is 0 Å². The van der Waals surface area contributed by atoms with Crippen molar-refractivity contribution in [2.75, 3.05) is 0 Å². The molecule has 0 unspecified atom stereocenters. The Morgan fingerprint density at radius 1 is 1.37 bits per heavy atom. The Balaban J connectivity index is 2.08. The molecule has 0 aliphatic heterocycles. The summed E-state index contributed by atoms with van der Waals surface area (Å²) in [7, 11) is -2.03. The number of benzene rings is 1. The van der Waals surface area contributed by atoms with Crippen LogP contribution in [0.1, 0.15) is 50.4 Å². The highest BCUT2D eigenvalue weighted by Gasteiger charge is 2.37. The standard InChI is InChI=1S/C21H27FN2O2Si/c1-13-20(25)24-19-17(22)16(12-26-27(5,6)21(2,3)4)11-15(18(19)23-13)10-9-14-7-8-14/h11,14H,7-8,12H2,1-6H3,(H,24,25). The van der Waals surface area contributed by atoms with E-state index < -0.39 is 14.1 Å². The first kappa shape index (κ1) is 19.8. The van der Waals surface area contributed by atoms with Crippen molar-refractivity contribution in [2.24, 2.45) is 5.92 Å². The molecule has 0 spiro atoms. The van der Waals surface area contributed by atoms with E-state index in [1.165, 1.54) is 0 Å². The average Bonchev–Trinajstić information content (AvgIpc) is 3.38. The predicted molar refractivity (Wildman–Crippen MR) is 109 cm³/mol. The minimum absolute atomic E-state index is 0.0297. The lowest BCUT2D eigenvalue weighted by Gasteiger charge is -2.36. The van der Waals surface area contributed by atoms with Gasteiger partial charge in [-0.25, -0.2) is 9.37 Å². The summed E-state index contributed by atoms with van der Waals surface area (Å²) in [5.74, 6) is 6.29. The minimum atomic E-state index is -2.03. The topological polar surface area (TPSA) is 55.0 Å². The van der Waals surface area contributed by atoms with Gasteiger partial charge in [-0.2, -0.15) is 0 Å². The number of hydrogen-bond donors (Lipinski definition) is 1. The Bertz CT molecular complexity index is 1010. The van der Waals surface area contributed by atoms with E-state index in [0.29, 0.717) is 28.3 Å². The van der Waals surface area contributed by atoms with E-state index in [1.54, 1.807) is 13.0 Å². The van der Waals surface area contributed by atoms with E-state index in [0.717, 1.165) is 12.8 Å². The number of hydrogen-bond acceptors (Lipinski definition) is 3. The van der Waals surface area contributed by atoms with Crippen LogP contribution in [-0.4, -0.2) is 18.3 Å². The molecule has 0 radical (unpaired) electrons. The zero-order chi connectivity index (χ0) is 20.0. The third kappa shape index (κ3) is 4.15. The van der Waals surface area contributed by atoms with Gasteiger partial charge in [0.2, 0.25) is 0 Å². The molecule has 0 amide bonds. The number of H-pyrrole nitrogens is 1. The minimum Gasteiger partial charge on any atom is -0.412 e. The van der Waals surface area contributed by atoms with Crippen LogP contribution in [-0.2, 0) is 11.0 Å². The van der Waals surface area contributed by atoms with Gasteiger partial charge < -0.3 is 9.41 Å². The summed E-state index contributed by atoms with van der Waals surface area (Å²) in [6.45, 7) is 12.5. The molecule has 27 heavy (non-hydrogen) atoms. The molecular weight excluding hydrogens is 359 g/mol. The second-order valence-electron chi connectivity index (χ2n) is 8.86. The summed E-state index contributed by atoms with van der Waals surface area (Å²) in [6.07, 6.45) is 2.22. The molecule has 144 valence electrons. The quantitative estimate of drug-likeness (QED) is 0.617. The summed E-state index contributed by atoms with van der Waals surface area (Å²) in [5.41, 5.74) is 1.50. The van der Waals surface area contributed by atoms with Crippen LogP contribution in [0.5, 0.6) is 0 Å². The Kier molecular flexibility index (Phi) is 5.04. The zero-order valence-corrected chi connectivity index (χ0v) is 17.9. The second-order valence-corrected chi connectivity index (χ2v) is 13.7. The Morgan fingerprint density at radius 2 is 2.04 bits per heavy atom. The average molecular weight is 387 g/mol. The molecular formula is C21H27FN2O2Si. The van der Waals surface area contributed by atoms with Crippen molar-refractivity contribution in [3.8, 4) is 11.8 Å². The molecule has 1 N–H and O–H groups in total. The highest BCUT2D eigenvalue weighted by atomic mass is 28.4. The van der Waals surface area contributed by atoms with Crippen LogP contribution >= 0.6 is 0 Å². The zero-order valence-electron chi connectivity index (χ0n) is 16.9. The highest BCUT2D eigenvalue weighted by Crippen LogP contribution is 2.37. The maximum absolute atomic E-state index is 15.1. The van der Waals surface area contributed by atoms with Gasteiger partial charge >= 0.3 is 0 Å². The molecule has 3 rings (SSSR count). The normalized spacial score (nSPS) is 14.9. The number of aromatic nitrogens is 2. The number of nitrogens with one attached hydrogen (secondary N) is 1. The lowest BCUT2D eigenvalue weighted by atomic mass is 10.1. The largest absolute Gasteiger partial charge is 0.412 e. The van der Waals surface area contributed by atoms with Gasteiger partial charge in [-0.3, -0.25) is 4.79 Å². The van der Waals surface area contributed by atoms with Gasteiger partial charge in [0.1, 0.15) is 16.7 Å². The molecule has 1 heterocycles. The van der Waals surface area contributed by atoms with Crippen LogP contribution in [0.15, 0.2) is 10.9 Å². The number of fused-ring (bicyclic) bond motifs is 1. The van der Waals surface area contributed by atoms with Gasteiger partial charge in [-0.1, -0.05) is 32.6 Å². The lowest BCUT2D eigenvalue weighted by Crippen LogP contribution is -2.40. The molecule has 1 aliphatic carbocycles. The third-order valence-corrected chi connectivity index (χ3v) is 10.0. The van der Waals surface area contributed by atoms with Crippen molar-refractivity contribution in [1.82, 2.24) is 9.97 Å². The van der Waals surface area contributed by atoms with Crippen molar-refractivity contribution < 1.29 is 8.82 Å². The number of aryl methyl sites for hydroxylation is 1. The number of halogens is 1. The molecule has 1 aliphatic rings. The third-order valence-electron chi connectivity index (χ3n) is 5.54. The maximum atomic E-state index is 15.1. The van der Waals surface area contributed by atoms with Crippen molar-refractivity contribution in [3.63, 3.8) is 0 Å². The van der Waals surface area contributed by atoms with E-state index in [-0.39, 0.29) is 22.7 Å². The lowest BCUT2D eigenvalue weighted by molar-refractivity contribution is 0.271. The molecule has 6 heteroatoms. The van der Waals surface area contributed by atoms with E-state index in [1.807, 2.05) is 0 Å². The fourth-order valence-electron chi connectivity index (χ4n) is 2.44. The fraction of sp³-hybridized carbons (Fsp3) is 0.524. The van der Waals surface area contributed by atoms with E-state index >= 15 is 4.39 Å². The first-order valence-electron chi connectivity index (χ1n) is 9.37. The van der Waals surface area contributed by atoms with Crippen LogP contribution in [0.4, 0.5) is 4.39 Å². The summed E-state index contributed by atoms with van der Waals surface area (Å²) in [6, 6.07) is 1.73. The summed E-state index contributed by atoms with van der Waals surface area (Å²) >= 11 is 0. The van der Waals surface area contributed by atoms with Gasteiger partial charge in [0.25, 0.3) is 5.56 Å². The second kappa shape index (κ2) is 6.88. The smallest absolute Gasteiger partial charge is 0.269 e. The monoisotopic (exact) mass is 386 g/mol. The van der Waals surface area contributed by atoms with Gasteiger partial charge in [0.15, 0.2) is 14.1 Å². The summed E-state index contributed by atoms with van der Waals surface area (Å²) in [4.78, 5) is 18.9. The van der Waals surface area contributed by atoms with Crippen molar-refractivity contribution >= 4 is 19.4 Å². The van der Waals surface area contributed by atoms with Gasteiger partial charge in [-0.05, 0) is 44.0 Å². The predicted octanol–water partition coefficient (Wildman–Crippen LogP) is 4.65. The molecule has 0 saturated heterocycles. The molecule has 2 aromatic rings. The molecule has 4 nitrogen and oxygen atoms in total. The molecule has 0 atom stereocenters. The molecule has 0 bridgehead atoms. The van der Waals surface area contributed by atoms with Crippen LogP contribution in [0.2, 0.25) is 18.1 Å². The van der Waals surface area contributed by atoms with E-state index in [9.17, 15) is 4.79 Å². The Morgan fingerprint density at radius 3 is 2.63 bits per heavy atom. The number of rotatable bonds is 3. The van der Waals surface area contributed by atoms with Crippen LogP contribution in [0.3, 0.4) is 0 Å².